The van der Waals surface area contributed by atoms with Crippen molar-refractivity contribution in [2.24, 2.45) is 0 Å². The van der Waals surface area contributed by atoms with Crippen molar-refractivity contribution in [3.05, 3.63) is 28.8 Å². The number of hydrogen-bond acceptors (Lipinski definition) is 3. The van der Waals surface area contributed by atoms with Crippen LogP contribution in [-0.4, -0.2) is 43.2 Å². The number of halogens is 1. The summed E-state index contributed by atoms with van der Waals surface area (Å²) in [6.07, 6.45) is 0. The molecule has 0 heterocycles. The maximum atomic E-state index is 9.46. The quantitative estimate of drug-likeness (QED) is 0.861. The smallest absolute Gasteiger partial charge is 0.0702 e. The van der Waals surface area contributed by atoms with Gasteiger partial charge in [0, 0.05) is 24.7 Å². The molecule has 0 saturated carbocycles. The van der Waals surface area contributed by atoms with E-state index in [4.69, 9.17) is 11.6 Å². The lowest BCUT2D eigenvalue weighted by atomic mass is 10.1. The Morgan fingerprint density at radius 3 is 2.50 bits per heavy atom. The first-order chi connectivity index (χ1) is 8.51. The number of aliphatic hydroxyl groups is 1. The minimum Gasteiger partial charge on any atom is -0.392 e. The molecule has 0 aliphatic rings. The number of hydrogen-bond donors (Lipinski definition) is 1. The fraction of sp³-hybridized carbons (Fsp3) is 0.571. The highest BCUT2D eigenvalue weighted by Gasteiger charge is 2.19. The molecule has 0 amide bonds. The number of likely N-dealkylation sites (N-methyl/N-ethyl adjacent to an activating group) is 2. The third-order valence-corrected chi connectivity index (χ3v) is 3.34. The van der Waals surface area contributed by atoms with Crippen LogP contribution in [0, 0.1) is 0 Å². The fourth-order valence-electron chi connectivity index (χ4n) is 2.33. The molecular weight excluding hydrogens is 248 g/mol. The van der Waals surface area contributed by atoms with Crippen LogP contribution >= 0.6 is 11.6 Å². The highest BCUT2D eigenvalue weighted by atomic mass is 35.5. The summed E-state index contributed by atoms with van der Waals surface area (Å²) in [4.78, 5) is 4.40. The van der Waals surface area contributed by atoms with Gasteiger partial charge in [0.2, 0.25) is 0 Å². The maximum absolute atomic E-state index is 9.46. The van der Waals surface area contributed by atoms with Gasteiger partial charge < -0.3 is 14.9 Å². The molecule has 1 aromatic rings. The van der Waals surface area contributed by atoms with E-state index in [0.717, 1.165) is 24.3 Å². The normalized spacial score (nSPS) is 12.8. The summed E-state index contributed by atoms with van der Waals surface area (Å²) in [5.74, 6) is 0. The van der Waals surface area contributed by atoms with E-state index in [0.29, 0.717) is 11.1 Å². The van der Waals surface area contributed by atoms with Crippen molar-refractivity contribution in [1.82, 2.24) is 4.90 Å². The number of anilines is 1. The Kier molecular flexibility index (Phi) is 5.93. The fourth-order valence-corrected chi connectivity index (χ4v) is 2.63. The molecule has 0 bridgehead atoms. The SMILES string of the molecule is CCN(c1c(Cl)cccc1CO)C(C)CN(C)C. The van der Waals surface area contributed by atoms with Gasteiger partial charge in [0.15, 0.2) is 0 Å². The van der Waals surface area contributed by atoms with E-state index in [1.54, 1.807) is 0 Å². The van der Waals surface area contributed by atoms with Gasteiger partial charge in [-0.15, -0.1) is 0 Å². The molecule has 0 spiro atoms. The van der Waals surface area contributed by atoms with Gasteiger partial charge in [-0.2, -0.15) is 0 Å². The Labute approximate surface area is 115 Å². The molecule has 4 heteroatoms. The molecule has 0 aliphatic heterocycles. The van der Waals surface area contributed by atoms with Crippen molar-refractivity contribution in [3.8, 4) is 0 Å². The van der Waals surface area contributed by atoms with Gasteiger partial charge in [-0.1, -0.05) is 23.7 Å². The predicted molar refractivity (Wildman–Crippen MR) is 78.4 cm³/mol. The Bertz CT molecular complexity index is 382. The average Bonchev–Trinajstić information content (AvgIpc) is 2.31. The maximum Gasteiger partial charge on any atom is 0.0702 e. The van der Waals surface area contributed by atoms with E-state index in [2.05, 4.69) is 37.7 Å². The topological polar surface area (TPSA) is 26.7 Å². The number of para-hydroxylation sites is 1. The summed E-state index contributed by atoms with van der Waals surface area (Å²) in [6.45, 7) is 6.11. The average molecular weight is 271 g/mol. The van der Waals surface area contributed by atoms with Gasteiger partial charge in [-0.25, -0.2) is 0 Å². The molecule has 0 fully saturated rings. The highest BCUT2D eigenvalue weighted by Crippen LogP contribution is 2.31. The second kappa shape index (κ2) is 6.98. The number of aliphatic hydroxyl groups excluding tert-OH is 1. The minimum atomic E-state index is 0.0150. The summed E-state index contributed by atoms with van der Waals surface area (Å²) in [6, 6.07) is 6.02. The lowest BCUT2D eigenvalue weighted by molar-refractivity contribution is 0.281. The summed E-state index contributed by atoms with van der Waals surface area (Å²) >= 11 is 6.30. The Morgan fingerprint density at radius 2 is 2.00 bits per heavy atom. The second-order valence-electron chi connectivity index (χ2n) is 4.80. The van der Waals surface area contributed by atoms with E-state index in [9.17, 15) is 5.11 Å². The van der Waals surface area contributed by atoms with Gasteiger partial charge in [-0.05, 0) is 34.0 Å². The molecule has 0 radical (unpaired) electrons. The van der Waals surface area contributed by atoms with Crippen LogP contribution in [0.25, 0.3) is 0 Å². The van der Waals surface area contributed by atoms with Crippen molar-refractivity contribution >= 4 is 17.3 Å². The summed E-state index contributed by atoms with van der Waals surface area (Å²) in [5.41, 5.74) is 1.84. The molecule has 0 aromatic heterocycles. The minimum absolute atomic E-state index is 0.0150. The first-order valence-corrected chi connectivity index (χ1v) is 6.68. The molecule has 18 heavy (non-hydrogen) atoms. The van der Waals surface area contributed by atoms with Crippen LogP contribution in [0.3, 0.4) is 0 Å². The standard InChI is InChI=1S/C14H23ClN2O/c1-5-17(11(2)9-16(3)4)14-12(10-18)7-6-8-13(14)15/h6-8,11,18H,5,9-10H2,1-4H3. The molecule has 1 aromatic carbocycles. The van der Waals surface area contributed by atoms with Crippen molar-refractivity contribution < 1.29 is 5.11 Å². The second-order valence-corrected chi connectivity index (χ2v) is 5.21. The summed E-state index contributed by atoms with van der Waals surface area (Å²) < 4.78 is 0. The number of rotatable bonds is 6. The first kappa shape index (κ1) is 15.3. The van der Waals surface area contributed by atoms with E-state index in [1.807, 2.05) is 18.2 Å². The molecule has 1 unspecified atom stereocenters. The van der Waals surface area contributed by atoms with E-state index in [-0.39, 0.29) is 6.61 Å². The van der Waals surface area contributed by atoms with E-state index < -0.39 is 0 Å². The Balaban J connectivity index is 3.08. The molecular formula is C14H23ClN2O. The van der Waals surface area contributed by atoms with Crippen molar-refractivity contribution in [2.45, 2.75) is 26.5 Å². The zero-order valence-corrected chi connectivity index (χ0v) is 12.4. The van der Waals surface area contributed by atoms with Gasteiger partial charge >= 0.3 is 0 Å². The van der Waals surface area contributed by atoms with Crippen molar-refractivity contribution in [1.29, 1.82) is 0 Å². The Hall–Kier alpha value is -0.770. The molecule has 3 nitrogen and oxygen atoms in total. The van der Waals surface area contributed by atoms with Crippen molar-refractivity contribution in [2.75, 3.05) is 32.1 Å². The van der Waals surface area contributed by atoms with Gasteiger partial charge in [-0.3, -0.25) is 0 Å². The molecule has 1 N–H and O–H groups in total. The molecule has 0 saturated heterocycles. The number of nitrogens with zero attached hydrogens (tertiary/aromatic N) is 2. The van der Waals surface area contributed by atoms with Crippen LogP contribution in [-0.2, 0) is 6.61 Å². The van der Waals surface area contributed by atoms with Crippen LogP contribution in [0.15, 0.2) is 18.2 Å². The van der Waals surface area contributed by atoms with Gasteiger partial charge in [0.25, 0.3) is 0 Å². The molecule has 102 valence electrons. The zero-order valence-electron chi connectivity index (χ0n) is 11.7. The highest BCUT2D eigenvalue weighted by molar-refractivity contribution is 6.33. The predicted octanol–water partition coefficient (Wildman–Crippen LogP) is 2.61. The van der Waals surface area contributed by atoms with Crippen LogP contribution in [0.5, 0.6) is 0 Å². The van der Waals surface area contributed by atoms with Crippen LogP contribution < -0.4 is 4.90 Å². The monoisotopic (exact) mass is 270 g/mol. The summed E-state index contributed by atoms with van der Waals surface area (Å²) in [7, 11) is 4.12. The first-order valence-electron chi connectivity index (χ1n) is 6.30. The van der Waals surface area contributed by atoms with Gasteiger partial charge in [0.1, 0.15) is 0 Å². The van der Waals surface area contributed by atoms with E-state index >= 15 is 0 Å². The summed E-state index contributed by atoms with van der Waals surface area (Å²) in [5, 5.41) is 10.2. The molecule has 1 atom stereocenters. The third kappa shape index (κ3) is 3.61. The van der Waals surface area contributed by atoms with Crippen LogP contribution in [0.1, 0.15) is 19.4 Å². The zero-order chi connectivity index (χ0) is 13.7. The van der Waals surface area contributed by atoms with Crippen LogP contribution in [0.4, 0.5) is 5.69 Å². The lowest BCUT2D eigenvalue weighted by Crippen LogP contribution is -2.40. The Morgan fingerprint density at radius 1 is 1.33 bits per heavy atom. The largest absolute Gasteiger partial charge is 0.392 e. The third-order valence-electron chi connectivity index (χ3n) is 3.03. The van der Waals surface area contributed by atoms with Crippen molar-refractivity contribution in [3.63, 3.8) is 0 Å². The van der Waals surface area contributed by atoms with Gasteiger partial charge in [0.05, 0.1) is 17.3 Å². The van der Waals surface area contributed by atoms with E-state index in [1.165, 1.54) is 0 Å². The number of benzene rings is 1. The molecule has 0 aliphatic carbocycles. The molecule has 1 rings (SSSR count). The van der Waals surface area contributed by atoms with Crippen LogP contribution in [0.2, 0.25) is 5.02 Å². The lowest BCUT2D eigenvalue weighted by Gasteiger charge is -2.34.